The number of nitrogens with zero attached hydrogens (tertiary/aromatic N) is 3. The summed E-state index contributed by atoms with van der Waals surface area (Å²) >= 11 is 0. The van der Waals surface area contributed by atoms with Crippen molar-refractivity contribution in [3.63, 3.8) is 0 Å². The Hall–Kier alpha value is -2.64. The van der Waals surface area contributed by atoms with Crippen molar-refractivity contribution in [3.05, 3.63) is 64.6 Å². The quantitative estimate of drug-likeness (QED) is 0.697. The Morgan fingerprint density at radius 3 is 2.83 bits per heavy atom. The Balaban J connectivity index is 1.31. The molecular formula is C22H27N5O2. The minimum Gasteiger partial charge on any atom is -0.381 e. The number of hydrogen-bond donors (Lipinski definition) is 2. The predicted octanol–water partition coefficient (Wildman–Crippen LogP) is 2.60. The molecule has 2 saturated heterocycles. The van der Waals surface area contributed by atoms with Gasteiger partial charge in [-0.25, -0.2) is 4.98 Å². The zero-order valence-corrected chi connectivity index (χ0v) is 16.5. The number of H-pyrrole nitrogens is 1. The summed E-state index contributed by atoms with van der Waals surface area (Å²) < 4.78 is 7.48. The molecule has 2 aliphatic heterocycles. The van der Waals surface area contributed by atoms with E-state index in [1.54, 1.807) is 6.20 Å². The Kier molecular flexibility index (Phi) is 5.08. The third kappa shape index (κ3) is 3.93. The lowest BCUT2D eigenvalue weighted by Crippen LogP contribution is -2.27. The van der Waals surface area contributed by atoms with E-state index in [9.17, 15) is 4.79 Å². The molecule has 4 heterocycles. The van der Waals surface area contributed by atoms with E-state index < -0.39 is 0 Å². The number of benzene rings is 1. The molecule has 2 aromatic heterocycles. The van der Waals surface area contributed by atoms with Gasteiger partial charge in [0.15, 0.2) is 0 Å². The molecule has 7 nitrogen and oxygen atoms in total. The van der Waals surface area contributed by atoms with Crippen molar-refractivity contribution < 1.29 is 4.74 Å². The largest absolute Gasteiger partial charge is 0.381 e. The molecule has 29 heavy (non-hydrogen) atoms. The number of anilines is 1. The molecule has 3 aromatic rings. The Morgan fingerprint density at radius 1 is 1.17 bits per heavy atom. The Bertz CT molecular complexity index is 1020. The fraction of sp³-hybridized carbons (Fsp3) is 0.455. The van der Waals surface area contributed by atoms with Gasteiger partial charge in [-0.1, -0.05) is 18.2 Å². The third-order valence-electron chi connectivity index (χ3n) is 6.01. The van der Waals surface area contributed by atoms with Crippen molar-refractivity contribution >= 4 is 11.2 Å². The molecule has 1 atom stereocenters. The first-order valence-corrected chi connectivity index (χ1v) is 10.5. The Labute approximate surface area is 169 Å². The van der Waals surface area contributed by atoms with E-state index in [2.05, 4.69) is 50.6 Å². The molecule has 1 unspecified atom stereocenters. The maximum absolute atomic E-state index is 12.6. The monoisotopic (exact) mass is 393 g/mol. The van der Waals surface area contributed by atoms with Gasteiger partial charge in [-0.15, -0.1) is 0 Å². The van der Waals surface area contributed by atoms with Gasteiger partial charge in [0.05, 0.1) is 6.20 Å². The lowest BCUT2D eigenvalue weighted by Gasteiger charge is -2.21. The zero-order chi connectivity index (χ0) is 19.6. The second-order valence-electron chi connectivity index (χ2n) is 8.10. The molecular weight excluding hydrogens is 366 g/mol. The summed E-state index contributed by atoms with van der Waals surface area (Å²) in [4.78, 5) is 22.6. The molecule has 0 amide bonds. The number of aromatic amines is 1. The lowest BCUT2D eigenvalue weighted by molar-refractivity contribution is 0.0835. The van der Waals surface area contributed by atoms with Crippen LogP contribution in [0.1, 0.15) is 36.7 Å². The van der Waals surface area contributed by atoms with Gasteiger partial charge in [-0.3, -0.25) is 14.1 Å². The maximum atomic E-state index is 12.6. The summed E-state index contributed by atoms with van der Waals surface area (Å²) in [6.45, 7) is 4.25. The first kappa shape index (κ1) is 18.4. The molecule has 0 aliphatic carbocycles. The first-order valence-electron chi connectivity index (χ1n) is 10.5. The van der Waals surface area contributed by atoms with Crippen LogP contribution in [0.15, 0.2) is 47.5 Å². The van der Waals surface area contributed by atoms with Gasteiger partial charge < -0.3 is 15.0 Å². The van der Waals surface area contributed by atoms with E-state index in [0.29, 0.717) is 17.5 Å². The summed E-state index contributed by atoms with van der Waals surface area (Å²) in [5, 5.41) is 3.60. The van der Waals surface area contributed by atoms with Crippen LogP contribution >= 0.6 is 0 Å². The predicted molar refractivity (Wildman–Crippen MR) is 112 cm³/mol. The zero-order valence-electron chi connectivity index (χ0n) is 16.5. The standard InChI is InChI=1S/C22H27N5O2/c28-22-20-12-23-21(16-7-10-29-11-8-16)27(20)15-19(25-22)14-26-9-6-18(13-26)24-17-4-2-1-3-5-17/h1-5,12,15-16,18,24H,6-11,13-14H2,(H,25,28). The van der Waals surface area contributed by atoms with E-state index in [1.807, 2.05) is 10.5 Å². The van der Waals surface area contributed by atoms with Crippen LogP contribution in [0.3, 0.4) is 0 Å². The van der Waals surface area contributed by atoms with Crippen molar-refractivity contribution in [2.45, 2.75) is 37.8 Å². The Morgan fingerprint density at radius 2 is 2.00 bits per heavy atom. The van der Waals surface area contributed by atoms with Gasteiger partial charge in [0.1, 0.15) is 11.3 Å². The average molecular weight is 393 g/mol. The normalized spacial score (nSPS) is 21.0. The number of nitrogens with one attached hydrogen (secondary N) is 2. The number of hydrogen-bond acceptors (Lipinski definition) is 5. The van der Waals surface area contributed by atoms with Crippen LogP contribution in [0.5, 0.6) is 0 Å². The SMILES string of the molecule is O=c1[nH]c(CN2CCC(Nc3ccccc3)C2)cn2c(C3CCOCC3)ncc12. The van der Waals surface area contributed by atoms with Crippen LogP contribution in [0.2, 0.25) is 0 Å². The van der Waals surface area contributed by atoms with Gasteiger partial charge in [-0.05, 0) is 31.4 Å². The molecule has 0 spiro atoms. The van der Waals surface area contributed by atoms with Crippen LogP contribution in [-0.2, 0) is 11.3 Å². The first-order chi connectivity index (χ1) is 14.3. The summed E-state index contributed by atoms with van der Waals surface area (Å²) in [5.41, 5.74) is 2.66. The minimum absolute atomic E-state index is 0.0635. The topological polar surface area (TPSA) is 74.7 Å². The fourth-order valence-corrected chi connectivity index (χ4v) is 4.52. The molecule has 7 heteroatoms. The van der Waals surface area contributed by atoms with Gasteiger partial charge in [0.2, 0.25) is 0 Å². The number of likely N-dealkylation sites (tertiary alicyclic amines) is 1. The van der Waals surface area contributed by atoms with Gasteiger partial charge >= 0.3 is 0 Å². The fourth-order valence-electron chi connectivity index (χ4n) is 4.52. The average Bonchev–Trinajstić information content (AvgIpc) is 3.37. The summed E-state index contributed by atoms with van der Waals surface area (Å²) in [6.07, 6.45) is 6.77. The van der Waals surface area contributed by atoms with Crippen LogP contribution in [-0.4, -0.2) is 51.6 Å². The summed E-state index contributed by atoms with van der Waals surface area (Å²) in [5.74, 6) is 1.34. The van der Waals surface area contributed by atoms with E-state index in [0.717, 1.165) is 69.3 Å². The molecule has 5 rings (SSSR count). The van der Waals surface area contributed by atoms with Crippen molar-refractivity contribution in [2.24, 2.45) is 0 Å². The number of para-hydroxylation sites is 1. The van der Waals surface area contributed by atoms with Crippen LogP contribution in [0.4, 0.5) is 5.69 Å². The van der Waals surface area contributed by atoms with Gasteiger partial charge in [0, 0.05) is 62.4 Å². The maximum Gasteiger partial charge on any atom is 0.274 e. The number of fused-ring (bicyclic) bond motifs is 1. The molecule has 0 bridgehead atoms. The van der Waals surface area contributed by atoms with E-state index in [-0.39, 0.29) is 5.56 Å². The van der Waals surface area contributed by atoms with E-state index in [4.69, 9.17) is 4.74 Å². The number of aromatic nitrogens is 3. The molecule has 0 radical (unpaired) electrons. The molecule has 2 N–H and O–H groups in total. The van der Waals surface area contributed by atoms with Crippen LogP contribution in [0.25, 0.3) is 5.52 Å². The van der Waals surface area contributed by atoms with Crippen LogP contribution in [0, 0.1) is 0 Å². The van der Waals surface area contributed by atoms with Gasteiger partial charge in [-0.2, -0.15) is 0 Å². The molecule has 2 fully saturated rings. The highest BCUT2D eigenvalue weighted by atomic mass is 16.5. The number of rotatable bonds is 5. The second kappa shape index (κ2) is 8.00. The highest BCUT2D eigenvalue weighted by Gasteiger charge is 2.24. The van der Waals surface area contributed by atoms with Gasteiger partial charge in [0.25, 0.3) is 5.56 Å². The van der Waals surface area contributed by atoms with E-state index >= 15 is 0 Å². The number of imidazole rings is 1. The smallest absolute Gasteiger partial charge is 0.274 e. The molecule has 0 saturated carbocycles. The summed E-state index contributed by atoms with van der Waals surface area (Å²) in [7, 11) is 0. The van der Waals surface area contributed by atoms with E-state index in [1.165, 1.54) is 0 Å². The van der Waals surface area contributed by atoms with Crippen molar-refractivity contribution in [1.82, 2.24) is 19.3 Å². The lowest BCUT2D eigenvalue weighted by atomic mass is 10.00. The molecule has 152 valence electrons. The highest BCUT2D eigenvalue weighted by Crippen LogP contribution is 2.26. The second-order valence-corrected chi connectivity index (χ2v) is 8.10. The third-order valence-corrected chi connectivity index (χ3v) is 6.01. The minimum atomic E-state index is -0.0635. The van der Waals surface area contributed by atoms with Crippen molar-refractivity contribution in [2.75, 3.05) is 31.6 Å². The van der Waals surface area contributed by atoms with Crippen LogP contribution < -0.4 is 10.9 Å². The highest BCUT2D eigenvalue weighted by molar-refractivity contribution is 5.45. The molecule has 1 aromatic carbocycles. The van der Waals surface area contributed by atoms with Crippen molar-refractivity contribution in [3.8, 4) is 0 Å². The van der Waals surface area contributed by atoms with Crippen molar-refractivity contribution in [1.29, 1.82) is 0 Å². The summed E-state index contributed by atoms with van der Waals surface area (Å²) in [6, 6.07) is 10.8. The molecule has 2 aliphatic rings. The number of ether oxygens (including phenoxy) is 1.